The maximum Gasteiger partial charge on any atom is -0.0187 e. The highest BCUT2D eigenvalue weighted by atomic mass is 14.2. The van der Waals surface area contributed by atoms with Crippen LogP contribution < -0.4 is 0 Å². The summed E-state index contributed by atoms with van der Waals surface area (Å²) in [6.45, 7) is 10.7. The lowest BCUT2D eigenvalue weighted by Crippen LogP contribution is -1.95. The highest BCUT2D eigenvalue weighted by molar-refractivity contribution is 5.15. The van der Waals surface area contributed by atoms with Gasteiger partial charge in [-0.15, -0.1) is 6.58 Å². The van der Waals surface area contributed by atoms with E-state index >= 15 is 0 Å². The molecule has 1 heteroatoms. The molecule has 0 rings (SSSR count). The summed E-state index contributed by atoms with van der Waals surface area (Å²) in [6.07, 6.45) is 14.4. The molecule has 96 valence electrons. The zero-order chi connectivity index (χ0) is 11.9. The lowest BCUT2D eigenvalue weighted by molar-refractivity contribution is 0.512. The van der Waals surface area contributed by atoms with Crippen LogP contribution in [0.25, 0.3) is 0 Å². The molecule has 1 atom stereocenters. The summed E-state index contributed by atoms with van der Waals surface area (Å²) in [5, 5.41) is 5.50. The first-order chi connectivity index (χ1) is 7.35. The van der Waals surface area contributed by atoms with Gasteiger partial charge in [-0.25, -0.2) is 0 Å². The standard InChI is InChI=1S/C13H24.CH3N.CH4/c1-4-7-9-11-13(6-3)12-10-8-5-2;1-2;/h4,6-7,13H,3,5,8-12H2,1-2H3;2H,1H2;1H4/b7-4-;;. The van der Waals surface area contributed by atoms with Crippen LogP contribution in [0.4, 0.5) is 0 Å². The number of rotatable bonds is 8. The van der Waals surface area contributed by atoms with E-state index in [9.17, 15) is 0 Å². The van der Waals surface area contributed by atoms with Gasteiger partial charge in [0.25, 0.3) is 0 Å². The van der Waals surface area contributed by atoms with Crippen molar-refractivity contribution in [3.63, 3.8) is 0 Å². The Bertz CT molecular complexity index is 150. The van der Waals surface area contributed by atoms with Crippen LogP contribution in [0.3, 0.4) is 0 Å². The Balaban J connectivity index is -0.000000529. The van der Waals surface area contributed by atoms with Gasteiger partial charge in [-0.3, -0.25) is 0 Å². The molecule has 0 saturated carbocycles. The van der Waals surface area contributed by atoms with Crippen LogP contribution in [0.15, 0.2) is 24.8 Å². The minimum Gasteiger partial charge on any atom is -0.317 e. The molecule has 0 aromatic rings. The van der Waals surface area contributed by atoms with Crippen LogP contribution in [0.1, 0.15) is 59.8 Å². The Kier molecular flexibility index (Phi) is 25.3. The topological polar surface area (TPSA) is 23.9 Å². The smallest absolute Gasteiger partial charge is 0.0187 e. The fraction of sp³-hybridized carbons (Fsp3) is 0.667. The van der Waals surface area contributed by atoms with E-state index in [1.165, 1.54) is 38.5 Å². The molecule has 0 amide bonds. The van der Waals surface area contributed by atoms with Crippen molar-refractivity contribution in [3.8, 4) is 0 Å². The van der Waals surface area contributed by atoms with Crippen molar-refractivity contribution in [2.24, 2.45) is 5.92 Å². The lowest BCUT2D eigenvalue weighted by atomic mass is 9.96. The Morgan fingerprint density at radius 1 is 1.19 bits per heavy atom. The molecule has 1 nitrogen and oxygen atoms in total. The molecule has 0 aromatic carbocycles. The third-order valence-corrected chi connectivity index (χ3v) is 2.45. The summed E-state index contributed by atoms with van der Waals surface area (Å²) in [6, 6.07) is 0. The van der Waals surface area contributed by atoms with Gasteiger partial charge in [0, 0.05) is 0 Å². The summed E-state index contributed by atoms with van der Waals surface area (Å²) in [7, 11) is 0. The van der Waals surface area contributed by atoms with Gasteiger partial charge in [0.15, 0.2) is 0 Å². The summed E-state index contributed by atoms with van der Waals surface area (Å²) in [5.74, 6) is 0.739. The summed E-state index contributed by atoms with van der Waals surface area (Å²) in [4.78, 5) is 0. The van der Waals surface area contributed by atoms with E-state index < -0.39 is 0 Å². The van der Waals surface area contributed by atoms with E-state index in [4.69, 9.17) is 5.41 Å². The van der Waals surface area contributed by atoms with Gasteiger partial charge < -0.3 is 5.41 Å². The Hall–Kier alpha value is -0.850. The van der Waals surface area contributed by atoms with E-state index in [1.807, 2.05) is 0 Å². The first-order valence-corrected chi connectivity index (χ1v) is 5.94. The molecule has 1 unspecified atom stereocenters. The van der Waals surface area contributed by atoms with Gasteiger partial charge in [-0.05, 0) is 38.8 Å². The molecule has 0 heterocycles. The van der Waals surface area contributed by atoms with Crippen LogP contribution in [0.2, 0.25) is 0 Å². The average molecular weight is 225 g/mol. The zero-order valence-corrected chi connectivity index (χ0v) is 10.5. The van der Waals surface area contributed by atoms with E-state index in [-0.39, 0.29) is 7.43 Å². The average Bonchev–Trinajstić information content (AvgIpc) is 2.30. The largest absolute Gasteiger partial charge is 0.317 e. The molecule has 0 aliphatic rings. The molecular formula is C15H31N. The molecule has 0 aliphatic carbocycles. The van der Waals surface area contributed by atoms with Gasteiger partial charge in [0.2, 0.25) is 0 Å². The fourth-order valence-electron chi connectivity index (χ4n) is 1.51. The highest BCUT2D eigenvalue weighted by Gasteiger charge is 2.01. The van der Waals surface area contributed by atoms with Gasteiger partial charge in [-0.1, -0.05) is 51.8 Å². The monoisotopic (exact) mass is 225 g/mol. The number of nitrogens with one attached hydrogen (secondary N) is 1. The molecule has 0 aromatic heterocycles. The van der Waals surface area contributed by atoms with E-state index in [0.29, 0.717) is 0 Å². The number of unbranched alkanes of at least 4 members (excludes halogenated alkanes) is 2. The third kappa shape index (κ3) is 15.6. The van der Waals surface area contributed by atoms with Crippen molar-refractivity contribution in [2.75, 3.05) is 0 Å². The predicted molar refractivity (Wildman–Crippen MR) is 78.4 cm³/mol. The van der Waals surface area contributed by atoms with E-state index in [1.54, 1.807) is 0 Å². The Labute approximate surface area is 103 Å². The molecule has 0 aliphatic heterocycles. The molecule has 0 radical (unpaired) electrons. The van der Waals surface area contributed by atoms with Crippen LogP contribution in [0.5, 0.6) is 0 Å². The van der Waals surface area contributed by atoms with Crippen LogP contribution in [-0.2, 0) is 0 Å². The van der Waals surface area contributed by atoms with Gasteiger partial charge >= 0.3 is 0 Å². The molecule has 16 heavy (non-hydrogen) atoms. The number of hydrogen-bond donors (Lipinski definition) is 1. The van der Waals surface area contributed by atoms with Crippen molar-refractivity contribution >= 4 is 6.72 Å². The lowest BCUT2D eigenvalue weighted by Gasteiger charge is -2.09. The second-order valence-corrected chi connectivity index (χ2v) is 3.64. The molecule has 0 fully saturated rings. The molecule has 1 N–H and O–H groups in total. The second kappa shape index (κ2) is 19.7. The predicted octanol–water partition coefficient (Wildman–Crippen LogP) is 5.63. The van der Waals surface area contributed by atoms with Crippen LogP contribution >= 0.6 is 0 Å². The van der Waals surface area contributed by atoms with Crippen molar-refractivity contribution in [2.45, 2.75) is 59.8 Å². The molecule has 0 bridgehead atoms. The summed E-state index contributed by atoms with van der Waals surface area (Å²) in [5.41, 5.74) is 0. The fourth-order valence-corrected chi connectivity index (χ4v) is 1.51. The van der Waals surface area contributed by atoms with Crippen LogP contribution in [-0.4, -0.2) is 6.72 Å². The summed E-state index contributed by atoms with van der Waals surface area (Å²) < 4.78 is 0. The summed E-state index contributed by atoms with van der Waals surface area (Å²) >= 11 is 0. The van der Waals surface area contributed by atoms with Gasteiger partial charge in [0.1, 0.15) is 0 Å². The van der Waals surface area contributed by atoms with E-state index in [0.717, 1.165) is 5.92 Å². The van der Waals surface area contributed by atoms with Crippen molar-refractivity contribution in [1.29, 1.82) is 5.41 Å². The molecular weight excluding hydrogens is 194 g/mol. The minimum absolute atomic E-state index is 0. The van der Waals surface area contributed by atoms with E-state index in [2.05, 4.69) is 45.4 Å². The SMILES string of the molecule is C.C=CC(CC/C=C\C)CCCCC.C=N. The second-order valence-electron chi connectivity index (χ2n) is 3.64. The first kappa shape index (κ1) is 20.5. The van der Waals surface area contributed by atoms with Crippen molar-refractivity contribution in [3.05, 3.63) is 24.8 Å². The Morgan fingerprint density at radius 3 is 2.25 bits per heavy atom. The maximum atomic E-state index is 5.50. The van der Waals surface area contributed by atoms with Gasteiger partial charge in [0.05, 0.1) is 0 Å². The highest BCUT2D eigenvalue weighted by Crippen LogP contribution is 2.16. The number of hydrogen-bond acceptors (Lipinski definition) is 1. The Morgan fingerprint density at radius 2 is 1.81 bits per heavy atom. The molecule has 0 spiro atoms. The minimum atomic E-state index is 0. The maximum absolute atomic E-state index is 5.50. The zero-order valence-electron chi connectivity index (χ0n) is 10.5. The van der Waals surface area contributed by atoms with Crippen LogP contribution in [0, 0.1) is 11.3 Å². The third-order valence-electron chi connectivity index (χ3n) is 2.45. The van der Waals surface area contributed by atoms with Gasteiger partial charge in [-0.2, -0.15) is 0 Å². The quantitative estimate of drug-likeness (QED) is 0.314. The van der Waals surface area contributed by atoms with Crippen molar-refractivity contribution in [1.82, 2.24) is 0 Å². The normalized spacial score (nSPS) is 11.1. The number of allylic oxidation sites excluding steroid dienone is 3. The first-order valence-electron chi connectivity index (χ1n) is 5.94. The van der Waals surface area contributed by atoms with Crippen molar-refractivity contribution < 1.29 is 0 Å². The molecule has 0 saturated heterocycles.